The van der Waals surface area contributed by atoms with E-state index in [1.54, 1.807) is 11.3 Å². The van der Waals surface area contributed by atoms with Gasteiger partial charge in [0.15, 0.2) is 0 Å². The minimum Gasteiger partial charge on any atom is -0.384 e. The summed E-state index contributed by atoms with van der Waals surface area (Å²) in [4.78, 5) is 10.1. The van der Waals surface area contributed by atoms with E-state index in [9.17, 15) is 0 Å². The monoisotopic (exact) mass is 267 g/mol. The first-order valence-electron chi connectivity index (χ1n) is 6.02. The van der Waals surface area contributed by atoms with Crippen LogP contribution in [0, 0.1) is 0 Å². The van der Waals surface area contributed by atoms with Crippen molar-refractivity contribution in [2.75, 3.05) is 5.73 Å². The maximum atomic E-state index is 5.88. The molecule has 0 amide bonds. The maximum Gasteiger partial charge on any atom is 0.136 e. The highest BCUT2D eigenvalue weighted by molar-refractivity contribution is 7.09. The fraction of sp³-hybridized carbons (Fsp3) is 0.0667. The molecule has 0 radical (unpaired) electrons. The molecule has 0 saturated carbocycles. The molecule has 0 aliphatic carbocycles. The molecular formula is C15H13N3S. The molecule has 0 spiro atoms. The number of nitrogens with two attached hydrogens (primary N) is 1. The number of nitrogens with zero attached hydrogens (tertiary/aromatic N) is 2. The summed E-state index contributed by atoms with van der Waals surface area (Å²) in [5, 5.41) is 2.06. The molecule has 2 heterocycles. The van der Waals surface area contributed by atoms with Gasteiger partial charge in [0.1, 0.15) is 11.6 Å². The molecule has 0 aliphatic heterocycles. The number of hydrogen-bond donors (Lipinski definition) is 1. The van der Waals surface area contributed by atoms with Gasteiger partial charge in [-0.05, 0) is 11.4 Å². The van der Waals surface area contributed by atoms with Crippen LogP contribution >= 0.6 is 11.3 Å². The van der Waals surface area contributed by atoms with Gasteiger partial charge in [0.25, 0.3) is 0 Å². The summed E-state index contributed by atoms with van der Waals surface area (Å²) in [6, 6.07) is 15.9. The van der Waals surface area contributed by atoms with Crippen molar-refractivity contribution in [3.63, 3.8) is 0 Å². The molecule has 1 aromatic carbocycles. The van der Waals surface area contributed by atoms with Gasteiger partial charge < -0.3 is 5.73 Å². The Hall–Kier alpha value is -2.20. The van der Waals surface area contributed by atoms with Gasteiger partial charge in [0.2, 0.25) is 0 Å². The average Bonchev–Trinajstić information content (AvgIpc) is 2.92. The van der Waals surface area contributed by atoms with Crippen molar-refractivity contribution in [2.45, 2.75) is 6.42 Å². The highest BCUT2D eigenvalue weighted by atomic mass is 32.1. The SMILES string of the molecule is Nc1cc(-c2ccccc2)nc(Cc2cccs2)n1. The van der Waals surface area contributed by atoms with Crippen molar-refractivity contribution in [3.8, 4) is 11.3 Å². The van der Waals surface area contributed by atoms with Crippen LogP contribution in [-0.2, 0) is 6.42 Å². The second-order valence-corrected chi connectivity index (χ2v) is 5.25. The Labute approximate surface area is 115 Å². The number of thiophene rings is 1. The van der Waals surface area contributed by atoms with E-state index in [1.807, 2.05) is 42.5 Å². The van der Waals surface area contributed by atoms with E-state index in [0.29, 0.717) is 5.82 Å². The molecule has 0 fully saturated rings. The van der Waals surface area contributed by atoms with Gasteiger partial charge in [-0.1, -0.05) is 36.4 Å². The van der Waals surface area contributed by atoms with Crippen molar-refractivity contribution in [1.29, 1.82) is 0 Å². The molecule has 0 saturated heterocycles. The summed E-state index contributed by atoms with van der Waals surface area (Å²) in [6.07, 6.45) is 0.725. The Morgan fingerprint density at radius 2 is 1.84 bits per heavy atom. The molecule has 2 aromatic heterocycles. The van der Waals surface area contributed by atoms with Crippen molar-refractivity contribution < 1.29 is 0 Å². The molecule has 0 atom stereocenters. The Morgan fingerprint density at radius 3 is 2.58 bits per heavy atom. The van der Waals surface area contributed by atoms with Gasteiger partial charge in [-0.3, -0.25) is 0 Å². The van der Waals surface area contributed by atoms with Crippen LogP contribution in [0.1, 0.15) is 10.7 Å². The van der Waals surface area contributed by atoms with Crippen molar-refractivity contribution >= 4 is 17.2 Å². The normalized spacial score (nSPS) is 10.5. The molecule has 0 unspecified atom stereocenters. The average molecular weight is 267 g/mol. The number of benzene rings is 1. The molecule has 2 N–H and O–H groups in total. The van der Waals surface area contributed by atoms with Gasteiger partial charge in [0.05, 0.1) is 5.69 Å². The predicted octanol–water partition coefficient (Wildman–Crippen LogP) is 3.38. The Bertz CT molecular complexity index is 663. The highest BCUT2D eigenvalue weighted by Crippen LogP contribution is 2.20. The second-order valence-electron chi connectivity index (χ2n) is 4.22. The van der Waals surface area contributed by atoms with E-state index < -0.39 is 0 Å². The van der Waals surface area contributed by atoms with Crippen molar-refractivity contribution in [1.82, 2.24) is 9.97 Å². The van der Waals surface area contributed by atoms with Crippen LogP contribution in [0.3, 0.4) is 0 Å². The zero-order valence-corrected chi connectivity index (χ0v) is 11.1. The third-order valence-corrected chi connectivity index (χ3v) is 3.65. The van der Waals surface area contributed by atoms with Crippen LogP contribution < -0.4 is 5.73 Å². The summed E-state index contributed by atoms with van der Waals surface area (Å²) in [5.41, 5.74) is 7.81. The summed E-state index contributed by atoms with van der Waals surface area (Å²) >= 11 is 1.70. The smallest absolute Gasteiger partial charge is 0.136 e. The van der Waals surface area contributed by atoms with E-state index in [1.165, 1.54) is 4.88 Å². The number of nitrogen functional groups attached to an aromatic ring is 1. The van der Waals surface area contributed by atoms with E-state index in [4.69, 9.17) is 5.73 Å². The van der Waals surface area contributed by atoms with E-state index in [-0.39, 0.29) is 0 Å². The maximum absolute atomic E-state index is 5.88. The van der Waals surface area contributed by atoms with Crippen molar-refractivity contribution in [2.24, 2.45) is 0 Å². The summed E-state index contributed by atoms with van der Waals surface area (Å²) in [6.45, 7) is 0. The molecular weight excluding hydrogens is 254 g/mol. The Kier molecular flexibility index (Phi) is 3.25. The molecule has 3 aromatic rings. The molecule has 3 rings (SSSR count). The third-order valence-electron chi connectivity index (χ3n) is 2.77. The molecule has 0 bridgehead atoms. The minimum absolute atomic E-state index is 0.514. The standard InChI is InChI=1S/C15H13N3S/c16-14-10-13(11-5-2-1-3-6-11)17-15(18-14)9-12-7-4-8-19-12/h1-8,10H,9H2,(H2,16,17,18). The van der Waals surface area contributed by atoms with E-state index in [2.05, 4.69) is 21.4 Å². The van der Waals surface area contributed by atoms with Crippen LogP contribution in [0.2, 0.25) is 0 Å². The zero-order valence-electron chi connectivity index (χ0n) is 10.3. The molecule has 94 valence electrons. The first-order valence-corrected chi connectivity index (χ1v) is 6.90. The van der Waals surface area contributed by atoms with E-state index >= 15 is 0 Å². The van der Waals surface area contributed by atoms with Gasteiger partial charge in [-0.15, -0.1) is 11.3 Å². The number of aromatic nitrogens is 2. The second kappa shape index (κ2) is 5.20. The van der Waals surface area contributed by atoms with Gasteiger partial charge in [-0.2, -0.15) is 0 Å². The van der Waals surface area contributed by atoms with Crippen LogP contribution in [0.15, 0.2) is 53.9 Å². The number of hydrogen-bond acceptors (Lipinski definition) is 4. The lowest BCUT2D eigenvalue weighted by atomic mass is 10.1. The fourth-order valence-corrected chi connectivity index (χ4v) is 2.62. The fourth-order valence-electron chi connectivity index (χ4n) is 1.92. The lowest BCUT2D eigenvalue weighted by molar-refractivity contribution is 0.991. The third kappa shape index (κ3) is 2.80. The predicted molar refractivity (Wildman–Crippen MR) is 79.0 cm³/mol. The van der Waals surface area contributed by atoms with Crippen molar-refractivity contribution in [3.05, 3.63) is 64.6 Å². The summed E-state index contributed by atoms with van der Waals surface area (Å²) in [5.74, 6) is 1.28. The Morgan fingerprint density at radius 1 is 1.00 bits per heavy atom. The van der Waals surface area contributed by atoms with Crippen LogP contribution in [0.25, 0.3) is 11.3 Å². The van der Waals surface area contributed by atoms with Crippen LogP contribution in [0.5, 0.6) is 0 Å². The van der Waals surface area contributed by atoms with Gasteiger partial charge >= 0.3 is 0 Å². The first-order chi connectivity index (χ1) is 9.31. The number of rotatable bonds is 3. The molecule has 0 aliphatic rings. The number of anilines is 1. The topological polar surface area (TPSA) is 51.8 Å². The minimum atomic E-state index is 0.514. The van der Waals surface area contributed by atoms with Crippen LogP contribution in [0.4, 0.5) is 5.82 Å². The molecule has 19 heavy (non-hydrogen) atoms. The molecule has 4 heteroatoms. The Balaban J connectivity index is 1.97. The largest absolute Gasteiger partial charge is 0.384 e. The van der Waals surface area contributed by atoms with Crippen LogP contribution in [-0.4, -0.2) is 9.97 Å². The quantitative estimate of drug-likeness (QED) is 0.791. The van der Waals surface area contributed by atoms with Gasteiger partial charge in [0, 0.05) is 22.9 Å². The summed E-state index contributed by atoms with van der Waals surface area (Å²) < 4.78 is 0. The lowest BCUT2D eigenvalue weighted by Gasteiger charge is -2.05. The summed E-state index contributed by atoms with van der Waals surface area (Å²) in [7, 11) is 0. The first kappa shape index (κ1) is 11.9. The zero-order chi connectivity index (χ0) is 13.1. The molecule has 3 nitrogen and oxygen atoms in total. The van der Waals surface area contributed by atoms with E-state index in [0.717, 1.165) is 23.5 Å². The lowest BCUT2D eigenvalue weighted by Crippen LogP contribution is -2.01. The van der Waals surface area contributed by atoms with Gasteiger partial charge in [-0.25, -0.2) is 9.97 Å². The highest BCUT2D eigenvalue weighted by Gasteiger charge is 2.06.